The van der Waals surface area contributed by atoms with Gasteiger partial charge in [-0.3, -0.25) is 4.79 Å². The second-order valence-electron chi connectivity index (χ2n) is 4.75. The summed E-state index contributed by atoms with van der Waals surface area (Å²) in [5.41, 5.74) is 1.04. The van der Waals surface area contributed by atoms with Gasteiger partial charge in [0.1, 0.15) is 0 Å². The van der Waals surface area contributed by atoms with Gasteiger partial charge in [-0.15, -0.1) is 0 Å². The van der Waals surface area contributed by atoms with Crippen molar-refractivity contribution < 1.29 is 14.3 Å². The number of halogens is 1. The predicted octanol–water partition coefficient (Wildman–Crippen LogP) is 1.44. The van der Waals surface area contributed by atoms with E-state index >= 15 is 0 Å². The number of hydrogen-bond donors (Lipinski definition) is 2. The molecule has 2 N–H and O–H groups in total. The topological polar surface area (TPSA) is 59.6 Å². The van der Waals surface area contributed by atoms with Gasteiger partial charge in [0.25, 0.3) is 0 Å². The summed E-state index contributed by atoms with van der Waals surface area (Å²) in [6.07, 6.45) is 1.52. The molecule has 0 radical (unpaired) electrons. The first kappa shape index (κ1) is 12.6. The molecule has 1 unspecified atom stereocenters. The second-order valence-corrected chi connectivity index (χ2v) is 5.15. The molecule has 0 bridgehead atoms. The SMILES string of the molecule is O=C1CCC(CNCc2cc(Cl)c3c(c2)OCO3)N1. The number of benzene rings is 1. The number of rotatable bonds is 4. The zero-order valence-corrected chi connectivity index (χ0v) is 11.1. The number of fused-ring (bicyclic) bond motifs is 1. The lowest BCUT2D eigenvalue weighted by Crippen LogP contribution is -2.35. The molecule has 1 fully saturated rings. The molecule has 0 aliphatic carbocycles. The molecule has 0 spiro atoms. The van der Waals surface area contributed by atoms with Crippen LogP contribution < -0.4 is 20.1 Å². The Bertz CT molecular complexity index is 507. The minimum absolute atomic E-state index is 0.137. The highest BCUT2D eigenvalue weighted by Crippen LogP contribution is 2.39. The van der Waals surface area contributed by atoms with Gasteiger partial charge < -0.3 is 20.1 Å². The molecule has 6 heteroatoms. The summed E-state index contributed by atoms with van der Waals surface area (Å²) in [5, 5.41) is 6.80. The Balaban J connectivity index is 1.55. The standard InChI is InChI=1S/C13H15ClN2O3/c14-10-3-8(4-11-13(10)19-7-18-11)5-15-6-9-1-2-12(17)16-9/h3-4,9,15H,1-2,5-7H2,(H,16,17). The maximum Gasteiger partial charge on any atom is 0.231 e. The van der Waals surface area contributed by atoms with Gasteiger partial charge in [0.05, 0.1) is 5.02 Å². The maximum atomic E-state index is 11.1. The van der Waals surface area contributed by atoms with Crippen LogP contribution in [0.2, 0.25) is 5.02 Å². The normalized spacial score (nSPS) is 20.7. The van der Waals surface area contributed by atoms with Crippen molar-refractivity contribution in [3.8, 4) is 11.5 Å². The van der Waals surface area contributed by atoms with Gasteiger partial charge in [0, 0.05) is 25.6 Å². The van der Waals surface area contributed by atoms with Crippen LogP contribution in [0.5, 0.6) is 11.5 Å². The fourth-order valence-corrected chi connectivity index (χ4v) is 2.63. The number of carbonyl (C=O) groups excluding carboxylic acids is 1. The molecular formula is C13H15ClN2O3. The minimum atomic E-state index is 0.137. The number of hydrogen-bond acceptors (Lipinski definition) is 4. The molecule has 1 saturated heterocycles. The Kier molecular flexibility index (Phi) is 3.48. The van der Waals surface area contributed by atoms with Gasteiger partial charge in [0.15, 0.2) is 11.5 Å². The molecular weight excluding hydrogens is 268 g/mol. The molecule has 1 aromatic carbocycles. The zero-order valence-electron chi connectivity index (χ0n) is 10.4. The molecule has 2 aliphatic rings. The Hall–Kier alpha value is -1.46. The summed E-state index contributed by atoms with van der Waals surface area (Å²) in [5.74, 6) is 1.45. The molecule has 3 rings (SSSR count). The van der Waals surface area contributed by atoms with Crippen LogP contribution in [0.15, 0.2) is 12.1 Å². The third kappa shape index (κ3) is 2.77. The van der Waals surface area contributed by atoms with Crippen LogP contribution in [0.3, 0.4) is 0 Å². The predicted molar refractivity (Wildman–Crippen MR) is 70.4 cm³/mol. The van der Waals surface area contributed by atoms with E-state index in [1.54, 1.807) is 0 Å². The van der Waals surface area contributed by atoms with Crippen molar-refractivity contribution in [2.24, 2.45) is 0 Å². The van der Waals surface area contributed by atoms with E-state index in [4.69, 9.17) is 21.1 Å². The summed E-state index contributed by atoms with van der Waals surface area (Å²) >= 11 is 6.11. The Morgan fingerprint density at radius 3 is 3.11 bits per heavy atom. The highest BCUT2D eigenvalue weighted by molar-refractivity contribution is 6.32. The first-order valence-corrected chi connectivity index (χ1v) is 6.68. The molecule has 1 amide bonds. The van der Waals surface area contributed by atoms with Crippen molar-refractivity contribution >= 4 is 17.5 Å². The van der Waals surface area contributed by atoms with E-state index in [0.29, 0.717) is 29.5 Å². The molecule has 1 atom stereocenters. The van der Waals surface area contributed by atoms with E-state index in [9.17, 15) is 4.79 Å². The first-order chi connectivity index (χ1) is 9.22. The molecule has 2 aliphatic heterocycles. The zero-order chi connectivity index (χ0) is 13.2. The first-order valence-electron chi connectivity index (χ1n) is 6.30. The average molecular weight is 283 g/mol. The van der Waals surface area contributed by atoms with Crippen molar-refractivity contribution in [3.63, 3.8) is 0 Å². The lowest BCUT2D eigenvalue weighted by atomic mass is 10.2. The summed E-state index contributed by atoms with van der Waals surface area (Å²) in [6, 6.07) is 4.03. The summed E-state index contributed by atoms with van der Waals surface area (Å²) in [4.78, 5) is 11.1. The smallest absolute Gasteiger partial charge is 0.231 e. The highest BCUT2D eigenvalue weighted by Gasteiger charge is 2.21. The lowest BCUT2D eigenvalue weighted by Gasteiger charge is -2.11. The molecule has 1 aromatic rings. The van der Waals surface area contributed by atoms with E-state index in [2.05, 4.69) is 10.6 Å². The molecule has 2 heterocycles. The summed E-state index contributed by atoms with van der Waals surface area (Å²) in [7, 11) is 0. The van der Waals surface area contributed by atoms with Crippen LogP contribution >= 0.6 is 11.6 Å². The van der Waals surface area contributed by atoms with Crippen molar-refractivity contribution in [1.29, 1.82) is 0 Å². The van der Waals surface area contributed by atoms with Crippen molar-refractivity contribution in [2.75, 3.05) is 13.3 Å². The van der Waals surface area contributed by atoms with Gasteiger partial charge in [-0.05, 0) is 24.1 Å². The Morgan fingerprint density at radius 2 is 2.32 bits per heavy atom. The average Bonchev–Trinajstić information content (AvgIpc) is 2.98. The van der Waals surface area contributed by atoms with Crippen LogP contribution in [-0.2, 0) is 11.3 Å². The Morgan fingerprint density at radius 1 is 1.42 bits per heavy atom. The highest BCUT2D eigenvalue weighted by atomic mass is 35.5. The minimum Gasteiger partial charge on any atom is -0.454 e. The van der Waals surface area contributed by atoms with Gasteiger partial charge in [-0.25, -0.2) is 0 Å². The van der Waals surface area contributed by atoms with Gasteiger partial charge in [-0.1, -0.05) is 11.6 Å². The van der Waals surface area contributed by atoms with Crippen LogP contribution in [0.4, 0.5) is 0 Å². The molecule has 0 saturated carbocycles. The molecule has 19 heavy (non-hydrogen) atoms. The van der Waals surface area contributed by atoms with E-state index in [-0.39, 0.29) is 18.7 Å². The van der Waals surface area contributed by atoms with Gasteiger partial charge in [0.2, 0.25) is 12.7 Å². The monoisotopic (exact) mass is 282 g/mol. The number of carbonyl (C=O) groups is 1. The lowest BCUT2D eigenvalue weighted by molar-refractivity contribution is -0.119. The van der Waals surface area contributed by atoms with Crippen LogP contribution in [0.1, 0.15) is 18.4 Å². The molecule has 5 nitrogen and oxygen atoms in total. The Labute approximate surface area is 116 Å². The van der Waals surface area contributed by atoms with Crippen molar-refractivity contribution in [1.82, 2.24) is 10.6 Å². The largest absolute Gasteiger partial charge is 0.454 e. The summed E-state index contributed by atoms with van der Waals surface area (Å²) < 4.78 is 10.6. The van der Waals surface area contributed by atoms with E-state index in [1.165, 1.54) is 0 Å². The van der Waals surface area contributed by atoms with E-state index in [0.717, 1.165) is 18.5 Å². The van der Waals surface area contributed by atoms with E-state index < -0.39 is 0 Å². The fraction of sp³-hybridized carbons (Fsp3) is 0.462. The fourth-order valence-electron chi connectivity index (χ4n) is 2.34. The number of nitrogens with one attached hydrogen (secondary N) is 2. The van der Waals surface area contributed by atoms with Crippen molar-refractivity contribution in [3.05, 3.63) is 22.7 Å². The number of amides is 1. The molecule has 0 aromatic heterocycles. The van der Waals surface area contributed by atoms with Gasteiger partial charge >= 0.3 is 0 Å². The second kappa shape index (κ2) is 5.27. The third-order valence-corrected chi connectivity index (χ3v) is 3.57. The van der Waals surface area contributed by atoms with Crippen LogP contribution in [0.25, 0.3) is 0 Å². The van der Waals surface area contributed by atoms with E-state index in [1.807, 2.05) is 12.1 Å². The van der Waals surface area contributed by atoms with Crippen LogP contribution in [0, 0.1) is 0 Å². The van der Waals surface area contributed by atoms with Gasteiger partial charge in [-0.2, -0.15) is 0 Å². The van der Waals surface area contributed by atoms with Crippen molar-refractivity contribution in [2.45, 2.75) is 25.4 Å². The summed E-state index contributed by atoms with van der Waals surface area (Å²) in [6.45, 7) is 1.67. The quantitative estimate of drug-likeness (QED) is 0.877. The van der Waals surface area contributed by atoms with Crippen LogP contribution in [-0.4, -0.2) is 25.3 Å². The number of ether oxygens (including phenoxy) is 2. The molecule has 102 valence electrons. The maximum absolute atomic E-state index is 11.1. The third-order valence-electron chi connectivity index (χ3n) is 3.29.